The van der Waals surface area contributed by atoms with Gasteiger partial charge in [-0.3, -0.25) is 4.90 Å². The SMILES string of the molecule is C=C(C)CN(CC)CCC(N)C(C)(C)C. The van der Waals surface area contributed by atoms with Gasteiger partial charge in [-0.25, -0.2) is 0 Å². The van der Waals surface area contributed by atoms with E-state index in [0.29, 0.717) is 0 Å². The van der Waals surface area contributed by atoms with Crippen molar-refractivity contribution in [2.75, 3.05) is 19.6 Å². The molecule has 0 aromatic rings. The maximum atomic E-state index is 6.14. The van der Waals surface area contributed by atoms with Crippen LogP contribution in [0.5, 0.6) is 0 Å². The van der Waals surface area contributed by atoms with Crippen molar-refractivity contribution in [3.63, 3.8) is 0 Å². The Labute approximate surface area is 95.5 Å². The Morgan fingerprint density at radius 2 is 1.93 bits per heavy atom. The topological polar surface area (TPSA) is 29.3 Å². The summed E-state index contributed by atoms with van der Waals surface area (Å²) in [5, 5.41) is 0. The predicted molar refractivity (Wildman–Crippen MR) is 69.0 cm³/mol. The third-order valence-electron chi connectivity index (χ3n) is 2.81. The number of nitrogens with zero attached hydrogens (tertiary/aromatic N) is 1. The molecule has 2 heteroatoms. The first-order valence-corrected chi connectivity index (χ1v) is 5.89. The van der Waals surface area contributed by atoms with Crippen LogP contribution in [-0.2, 0) is 0 Å². The highest BCUT2D eigenvalue weighted by Gasteiger charge is 2.20. The van der Waals surface area contributed by atoms with Crippen molar-refractivity contribution in [1.82, 2.24) is 4.90 Å². The van der Waals surface area contributed by atoms with Gasteiger partial charge in [0, 0.05) is 12.6 Å². The smallest absolute Gasteiger partial charge is 0.0187 e. The normalized spacial score (nSPS) is 14.3. The second kappa shape index (κ2) is 6.29. The fraction of sp³-hybridized carbons (Fsp3) is 0.846. The maximum absolute atomic E-state index is 6.14. The summed E-state index contributed by atoms with van der Waals surface area (Å²) in [6.45, 7) is 17.9. The second-order valence-corrected chi connectivity index (χ2v) is 5.59. The number of hydrogen-bond acceptors (Lipinski definition) is 2. The lowest BCUT2D eigenvalue weighted by Gasteiger charge is -2.29. The molecule has 0 fully saturated rings. The van der Waals surface area contributed by atoms with E-state index in [-0.39, 0.29) is 11.5 Å². The summed E-state index contributed by atoms with van der Waals surface area (Å²) in [4.78, 5) is 2.40. The fourth-order valence-corrected chi connectivity index (χ4v) is 1.49. The van der Waals surface area contributed by atoms with E-state index < -0.39 is 0 Å². The molecule has 0 aliphatic carbocycles. The fourth-order valence-electron chi connectivity index (χ4n) is 1.49. The second-order valence-electron chi connectivity index (χ2n) is 5.59. The van der Waals surface area contributed by atoms with Gasteiger partial charge in [0.05, 0.1) is 0 Å². The van der Waals surface area contributed by atoms with Crippen molar-refractivity contribution in [2.24, 2.45) is 11.1 Å². The van der Waals surface area contributed by atoms with Crippen molar-refractivity contribution in [2.45, 2.75) is 47.1 Å². The lowest BCUT2D eigenvalue weighted by Crippen LogP contribution is -2.39. The van der Waals surface area contributed by atoms with E-state index in [9.17, 15) is 0 Å². The maximum Gasteiger partial charge on any atom is 0.0187 e. The van der Waals surface area contributed by atoms with Crippen LogP contribution < -0.4 is 5.73 Å². The molecular weight excluding hydrogens is 184 g/mol. The lowest BCUT2D eigenvalue weighted by molar-refractivity contribution is 0.246. The number of nitrogens with two attached hydrogens (primary N) is 1. The van der Waals surface area contributed by atoms with Gasteiger partial charge in [0.1, 0.15) is 0 Å². The molecule has 0 heterocycles. The van der Waals surface area contributed by atoms with E-state index in [0.717, 1.165) is 26.1 Å². The van der Waals surface area contributed by atoms with Crippen LogP contribution in [-0.4, -0.2) is 30.6 Å². The Hall–Kier alpha value is -0.340. The van der Waals surface area contributed by atoms with Crippen molar-refractivity contribution < 1.29 is 0 Å². The van der Waals surface area contributed by atoms with Gasteiger partial charge in [-0.05, 0) is 31.8 Å². The molecule has 0 amide bonds. The molecule has 0 bridgehead atoms. The standard InChI is InChI=1S/C13H28N2/c1-7-15(10-11(2)3)9-8-12(14)13(4,5)6/h12H,2,7-10,14H2,1,3-6H3. The van der Waals surface area contributed by atoms with Gasteiger partial charge in [-0.15, -0.1) is 0 Å². The van der Waals surface area contributed by atoms with Crippen LogP contribution in [0.4, 0.5) is 0 Å². The van der Waals surface area contributed by atoms with Crippen LogP contribution in [0.15, 0.2) is 12.2 Å². The average Bonchev–Trinajstić information content (AvgIpc) is 2.09. The van der Waals surface area contributed by atoms with Crippen molar-refractivity contribution in [1.29, 1.82) is 0 Å². The van der Waals surface area contributed by atoms with Gasteiger partial charge >= 0.3 is 0 Å². The Kier molecular flexibility index (Phi) is 6.15. The molecule has 2 nitrogen and oxygen atoms in total. The molecule has 90 valence electrons. The van der Waals surface area contributed by atoms with Crippen molar-refractivity contribution in [3.05, 3.63) is 12.2 Å². The van der Waals surface area contributed by atoms with Crippen LogP contribution in [0.2, 0.25) is 0 Å². The summed E-state index contributed by atoms with van der Waals surface area (Å²) in [5.74, 6) is 0. The number of hydrogen-bond donors (Lipinski definition) is 1. The van der Waals surface area contributed by atoms with E-state index in [1.807, 2.05) is 0 Å². The monoisotopic (exact) mass is 212 g/mol. The summed E-state index contributed by atoms with van der Waals surface area (Å²) in [6.07, 6.45) is 1.06. The molecule has 2 N–H and O–H groups in total. The van der Waals surface area contributed by atoms with Gasteiger partial charge in [0.25, 0.3) is 0 Å². The van der Waals surface area contributed by atoms with Crippen LogP contribution in [0.25, 0.3) is 0 Å². The Balaban J connectivity index is 3.95. The van der Waals surface area contributed by atoms with Crippen LogP contribution >= 0.6 is 0 Å². The highest BCUT2D eigenvalue weighted by molar-refractivity contribution is 4.92. The number of rotatable bonds is 6. The molecule has 0 spiro atoms. The van der Waals surface area contributed by atoms with Crippen LogP contribution in [0, 0.1) is 5.41 Å². The highest BCUT2D eigenvalue weighted by Crippen LogP contribution is 2.19. The van der Waals surface area contributed by atoms with Gasteiger partial charge in [-0.1, -0.05) is 39.8 Å². The molecule has 0 aromatic carbocycles. The first-order chi connectivity index (χ1) is 6.77. The zero-order valence-electron chi connectivity index (χ0n) is 11.1. The molecule has 15 heavy (non-hydrogen) atoms. The molecule has 0 aliphatic rings. The van der Waals surface area contributed by atoms with E-state index >= 15 is 0 Å². The minimum absolute atomic E-state index is 0.211. The molecule has 0 saturated heterocycles. The molecule has 1 unspecified atom stereocenters. The largest absolute Gasteiger partial charge is 0.327 e. The molecule has 1 atom stereocenters. The lowest BCUT2D eigenvalue weighted by atomic mass is 9.85. The van der Waals surface area contributed by atoms with Crippen LogP contribution in [0.1, 0.15) is 41.0 Å². The third kappa shape index (κ3) is 6.69. The summed E-state index contributed by atoms with van der Waals surface area (Å²) >= 11 is 0. The third-order valence-corrected chi connectivity index (χ3v) is 2.81. The van der Waals surface area contributed by atoms with Gasteiger partial charge in [0.15, 0.2) is 0 Å². The van der Waals surface area contributed by atoms with E-state index in [1.54, 1.807) is 0 Å². The van der Waals surface area contributed by atoms with Crippen LogP contribution in [0.3, 0.4) is 0 Å². The Morgan fingerprint density at radius 1 is 1.40 bits per heavy atom. The van der Waals surface area contributed by atoms with E-state index in [4.69, 9.17) is 5.73 Å². The quantitative estimate of drug-likeness (QED) is 0.686. The first kappa shape index (κ1) is 14.7. The van der Waals surface area contributed by atoms with Gasteiger partial charge in [0.2, 0.25) is 0 Å². The molecule has 0 rings (SSSR count). The summed E-state index contributed by atoms with van der Waals surface area (Å²) in [5.41, 5.74) is 7.57. The molecule has 0 aromatic heterocycles. The van der Waals surface area contributed by atoms with Gasteiger partial charge in [-0.2, -0.15) is 0 Å². The minimum atomic E-state index is 0.211. The summed E-state index contributed by atoms with van der Waals surface area (Å²) < 4.78 is 0. The zero-order chi connectivity index (χ0) is 12.1. The molecule has 0 saturated carbocycles. The molecular formula is C13H28N2. The van der Waals surface area contributed by atoms with E-state index in [1.165, 1.54) is 5.57 Å². The predicted octanol–water partition coefficient (Wildman–Crippen LogP) is 2.65. The minimum Gasteiger partial charge on any atom is -0.327 e. The summed E-state index contributed by atoms with van der Waals surface area (Å²) in [7, 11) is 0. The molecule has 0 radical (unpaired) electrons. The van der Waals surface area contributed by atoms with E-state index in [2.05, 4.69) is 46.1 Å². The highest BCUT2D eigenvalue weighted by atomic mass is 15.1. The van der Waals surface area contributed by atoms with Gasteiger partial charge < -0.3 is 5.73 Å². The summed E-state index contributed by atoms with van der Waals surface area (Å²) in [6, 6.07) is 0.275. The Morgan fingerprint density at radius 3 is 2.27 bits per heavy atom. The van der Waals surface area contributed by atoms with Crippen molar-refractivity contribution >= 4 is 0 Å². The zero-order valence-corrected chi connectivity index (χ0v) is 11.1. The average molecular weight is 212 g/mol. The first-order valence-electron chi connectivity index (χ1n) is 5.89. The molecule has 0 aliphatic heterocycles. The van der Waals surface area contributed by atoms with Crippen molar-refractivity contribution in [3.8, 4) is 0 Å². The Bertz CT molecular complexity index is 191. The number of likely N-dealkylation sites (N-methyl/N-ethyl adjacent to an activating group) is 1.